The van der Waals surface area contributed by atoms with E-state index in [1.54, 1.807) is 0 Å². The Kier molecular flexibility index (Phi) is 13.9. The fourth-order valence-electron chi connectivity index (χ4n) is 9.49. The van der Waals surface area contributed by atoms with Crippen LogP contribution in [0, 0.1) is 13.8 Å². The lowest BCUT2D eigenvalue weighted by atomic mass is 9.92. The summed E-state index contributed by atoms with van der Waals surface area (Å²) in [5.41, 5.74) is 16.1. The van der Waals surface area contributed by atoms with Crippen LogP contribution in [-0.4, -0.2) is 0 Å². The monoisotopic (exact) mass is 892 g/mol. The van der Waals surface area contributed by atoms with Crippen molar-refractivity contribution in [1.29, 1.82) is 0 Å². The molecule has 4 nitrogen and oxygen atoms in total. The van der Waals surface area contributed by atoms with E-state index >= 15 is 0 Å². The molecule has 0 atom stereocenters. The fraction of sp³-hybridized carbons (Fsp3) is 0.188. The van der Waals surface area contributed by atoms with Crippen molar-refractivity contribution in [2.24, 2.45) is 0 Å². The summed E-state index contributed by atoms with van der Waals surface area (Å²) in [7, 11) is 0. The molecule has 0 aliphatic heterocycles. The third-order valence-corrected chi connectivity index (χ3v) is 13.4. The predicted molar refractivity (Wildman–Crippen MR) is 295 cm³/mol. The van der Waals surface area contributed by atoms with Gasteiger partial charge in [0, 0.05) is 34.3 Å². The smallest absolute Gasteiger partial charge is 0.159 e. The molecule has 342 valence electrons. The maximum absolute atomic E-state index is 7.05. The average Bonchev–Trinajstić information content (AvgIpc) is 3.50. The highest BCUT2D eigenvalue weighted by Crippen LogP contribution is 2.45. The van der Waals surface area contributed by atoms with E-state index in [9.17, 15) is 0 Å². The predicted octanol–water partition coefficient (Wildman–Crippen LogP) is 17.6. The minimum atomic E-state index is 0.574. The number of anilines is 3. The first kappa shape index (κ1) is 47.0. The third-order valence-electron chi connectivity index (χ3n) is 13.4. The second-order valence-corrected chi connectivity index (χ2v) is 18.0. The number of hydrogen-bond donors (Lipinski definition) is 0. The van der Waals surface area contributed by atoms with Crippen molar-refractivity contribution in [2.75, 3.05) is 9.80 Å². The van der Waals surface area contributed by atoms with Gasteiger partial charge >= 0.3 is 0 Å². The van der Waals surface area contributed by atoms with Gasteiger partial charge in [-0.1, -0.05) is 153 Å². The zero-order valence-electron chi connectivity index (χ0n) is 41.4. The summed E-state index contributed by atoms with van der Waals surface area (Å²) in [5, 5.41) is 6.78. The first-order valence-electron chi connectivity index (χ1n) is 23.7. The van der Waals surface area contributed by atoms with Crippen molar-refractivity contribution < 1.29 is 9.15 Å². The number of allylic oxidation sites excluding steroid dienone is 16. The fourth-order valence-corrected chi connectivity index (χ4v) is 9.49. The lowest BCUT2D eigenvalue weighted by Crippen LogP contribution is -2.24. The van der Waals surface area contributed by atoms with Crippen molar-refractivity contribution in [3.8, 4) is 0 Å². The van der Waals surface area contributed by atoms with Gasteiger partial charge in [-0.3, -0.25) is 0 Å². The molecule has 68 heavy (non-hydrogen) atoms. The SMILES string of the molecule is C=C/C=c1/ccc2c(N(C(=C/C)/C(OC3=CC=CCC=C3C)=C(/C)C=C)c3cc(C)ccc3C)ccc3ccc(CN(C4=CCC(C)=CC=C4C)c4cccc5c(C=C)c(/C(C)=C\C)oc45)c1c32. The number of fused-ring (bicyclic) bond motifs is 1. The van der Waals surface area contributed by atoms with Crippen LogP contribution in [-0.2, 0) is 11.3 Å². The highest BCUT2D eigenvalue weighted by Gasteiger charge is 2.28. The molecular weight excluding hydrogens is 829 g/mol. The summed E-state index contributed by atoms with van der Waals surface area (Å²) in [6.45, 7) is 32.4. The van der Waals surface area contributed by atoms with E-state index in [1.807, 2.05) is 18.2 Å². The van der Waals surface area contributed by atoms with E-state index < -0.39 is 0 Å². The molecule has 0 saturated heterocycles. The van der Waals surface area contributed by atoms with E-state index in [2.05, 4.69) is 225 Å². The van der Waals surface area contributed by atoms with Gasteiger partial charge in [-0.05, 0) is 160 Å². The van der Waals surface area contributed by atoms with Crippen molar-refractivity contribution in [2.45, 2.75) is 81.7 Å². The first-order valence-corrected chi connectivity index (χ1v) is 23.7. The highest BCUT2D eigenvalue weighted by atomic mass is 16.5. The largest absolute Gasteiger partial charge is 0.455 e. The van der Waals surface area contributed by atoms with Crippen LogP contribution in [0.25, 0.3) is 50.2 Å². The van der Waals surface area contributed by atoms with Gasteiger partial charge in [0.1, 0.15) is 11.5 Å². The van der Waals surface area contributed by atoms with Crippen molar-refractivity contribution in [1.82, 2.24) is 0 Å². The van der Waals surface area contributed by atoms with Gasteiger partial charge in [0.05, 0.1) is 17.1 Å². The molecule has 0 unspecified atom stereocenters. The number of nitrogens with zero attached hydrogens (tertiary/aromatic N) is 2. The quantitative estimate of drug-likeness (QED) is 0.0805. The van der Waals surface area contributed by atoms with Gasteiger partial charge in [0.15, 0.2) is 11.3 Å². The molecule has 1 aromatic heterocycles. The summed E-state index contributed by atoms with van der Waals surface area (Å²) in [6, 6.07) is 26.8. The van der Waals surface area contributed by atoms with Gasteiger partial charge < -0.3 is 19.0 Å². The molecule has 0 saturated carbocycles. The number of rotatable bonds is 14. The standard InChI is InChI=1S/C64H64N2O2/c1-13-22-48-34-36-53-56(66(58-39-42(7)28-31-46(58)11)54(17-5)63(44(9)15-3)67-59-26-20-18-19-23-47(59)12)38-35-49-32-33-50(60(48)61(49)53)40-65(55-37-29-41(6)27-30-45(55)10)57-25-21-24-52-51(16-4)62(43(8)14-2)68-64(52)57/h13-18,20-28,30-39H,1,3-4,19,29,40H2,2,5-12H3/b43-14-,48-22-,54-17+,63-44+. The molecule has 0 N–H and O–H groups in total. The maximum atomic E-state index is 7.05. The number of aryl methyl sites for hydroxylation is 2. The van der Waals surface area contributed by atoms with Crippen molar-refractivity contribution in [3.05, 3.63) is 238 Å². The number of hydrogen-bond acceptors (Lipinski definition) is 4. The van der Waals surface area contributed by atoms with Crippen LogP contribution in [0.2, 0.25) is 0 Å². The molecular formula is C64H64N2O2. The van der Waals surface area contributed by atoms with E-state index in [1.165, 1.54) is 33.0 Å². The molecule has 0 fully saturated rings. The van der Waals surface area contributed by atoms with E-state index in [-0.39, 0.29) is 0 Å². The van der Waals surface area contributed by atoms with Crippen LogP contribution < -0.4 is 15.0 Å². The summed E-state index contributed by atoms with van der Waals surface area (Å²) >= 11 is 0. The Balaban J connectivity index is 1.40. The van der Waals surface area contributed by atoms with Crippen LogP contribution >= 0.6 is 0 Å². The van der Waals surface area contributed by atoms with Gasteiger partial charge in [-0.2, -0.15) is 0 Å². The molecule has 2 aliphatic carbocycles. The Hall–Kier alpha value is -7.56. The van der Waals surface area contributed by atoms with Gasteiger partial charge in [-0.25, -0.2) is 0 Å². The van der Waals surface area contributed by atoms with Crippen LogP contribution in [0.5, 0.6) is 0 Å². The number of ether oxygens (including phenoxy) is 1. The molecule has 0 spiro atoms. The normalized spacial score (nSPS) is 15.2. The second-order valence-electron chi connectivity index (χ2n) is 18.0. The number of para-hydroxylation sites is 1. The van der Waals surface area contributed by atoms with Gasteiger partial charge in [-0.15, -0.1) is 0 Å². The Morgan fingerprint density at radius 1 is 0.779 bits per heavy atom. The Morgan fingerprint density at radius 3 is 2.34 bits per heavy atom. The Labute approximate surface area is 404 Å². The van der Waals surface area contributed by atoms with E-state index in [4.69, 9.17) is 9.15 Å². The summed E-state index contributed by atoms with van der Waals surface area (Å²) in [5.74, 6) is 2.40. The zero-order valence-corrected chi connectivity index (χ0v) is 41.4. The molecule has 2 aliphatic rings. The molecule has 6 aromatic rings. The summed E-state index contributed by atoms with van der Waals surface area (Å²) in [6.07, 6.45) is 29.2. The third kappa shape index (κ3) is 8.87. The number of benzene rings is 5. The maximum Gasteiger partial charge on any atom is 0.159 e. The molecule has 8 rings (SSSR count). The summed E-state index contributed by atoms with van der Waals surface area (Å²) in [4.78, 5) is 4.84. The van der Waals surface area contributed by atoms with Crippen molar-refractivity contribution in [3.63, 3.8) is 0 Å². The molecule has 0 amide bonds. The minimum Gasteiger partial charge on any atom is -0.455 e. The molecule has 1 heterocycles. The second kappa shape index (κ2) is 20.1. The Bertz CT molecular complexity index is 3380. The van der Waals surface area contributed by atoms with E-state index in [0.29, 0.717) is 6.54 Å². The van der Waals surface area contributed by atoms with Gasteiger partial charge in [0.25, 0.3) is 0 Å². The van der Waals surface area contributed by atoms with Crippen LogP contribution in [0.1, 0.15) is 89.3 Å². The molecule has 4 heteroatoms. The van der Waals surface area contributed by atoms with E-state index in [0.717, 1.165) is 113 Å². The first-order chi connectivity index (χ1) is 32.9. The lowest BCUT2D eigenvalue weighted by Gasteiger charge is -2.33. The number of furan rings is 1. The van der Waals surface area contributed by atoms with Crippen LogP contribution in [0.3, 0.4) is 0 Å². The lowest BCUT2D eigenvalue weighted by molar-refractivity contribution is 0.319. The average molecular weight is 893 g/mol. The minimum absolute atomic E-state index is 0.574. The zero-order chi connectivity index (χ0) is 48.2. The molecule has 0 bridgehead atoms. The molecule has 0 radical (unpaired) electrons. The van der Waals surface area contributed by atoms with Gasteiger partial charge in [0.2, 0.25) is 0 Å². The molecule has 5 aromatic carbocycles. The topological polar surface area (TPSA) is 28.9 Å². The van der Waals surface area contributed by atoms with Crippen LogP contribution in [0.4, 0.5) is 17.1 Å². The highest BCUT2D eigenvalue weighted by molar-refractivity contribution is 6.17. The summed E-state index contributed by atoms with van der Waals surface area (Å²) < 4.78 is 14.0. The van der Waals surface area contributed by atoms with Crippen LogP contribution in [0.15, 0.2) is 209 Å². The Morgan fingerprint density at radius 2 is 1.59 bits per heavy atom. The van der Waals surface area contributed by atoms with Crippen molar-refractivity contribution >= 4 is 67.3 Å².